The van der Waals surface area contributed by atoms with Gasteiger partial charge in [0, 0.05) is 57.1 Å². The fourth-order valence-electron chi connectivity index (χ4n) is 3.97. The molecule has 0 unspecified atom stereocenters. The average molecular weight is 391 g/mol. The van der Waals surface area contributed by atoms with Gasteiger partial charge in [-0.25, -0.2) is 8.78 Å². The zero-order valence-corrected chi connectivity index (χ0v) is 16.4. The molecule has 6 nitrogen and oxygen atoms in total. The number of piperazine rings is 1. The molecule has 1 aliphatic heterocycles. The second-order valence-corrected chi connectivity index (χ2v) is 7.86. The van der Waals surface area contributed by atoms with Crippen molar-refractivity contribution in [1.82, 2.24) is 9.47 Å². The summed E-state index contributed by atoms with van der Waals surface area (Å²) in [5.41, 5.74) is 5.97. The maximum absolute atomic E-state index is 15.8. The van der Waals surface area contributed by atoms with Crippen LogP contribution in [0.3, 0.4) is 0 Å². The van der Waals surface area contributed by atoms with E-state index >= 15 is 8.78 Å². The predicted octanol–water partition coefficient (Wildman–Crippen LogP) is 2.05. The zero-order chi connectivity index (χ0) is 20.0. The van der Waals surface area contributed by atoms with Crippen molar-refractivity contribution in [2.24, 2.45) is 5.73 Å². The molecule has 2 aromatic rings. The van der Waals surface area contributed by atoms with Crippen LogP contribution in [0.4, 0.5) is 20.2 Å². The maximum atomic E-state index is 15.8. The molecule has 0 amide bonds. The molecule has 152 valence electrons. The molecule has 1 aromatic carbocycles. The van der Waals surface area contributed by atoms with E-state index in [9.17, 15) is 4.79 Å². The Balaban J connectivity index is 2.01. The van der Waals surface area contributed by atoms with Gasteiger partial charge >= 0.3 is 0 Å². The highest BCUT2D eigenvalue weighted by Crippen LogP contribution is 2.42. The first kappa shape index (κ1) is 19.1. The van der Waals surface area contributed by atoms with Gasteiger partial charge in [0.1, 0.15) is 5.69 Å². The Labute approximate surface area is 162 Å². The van der Waals surface area contributed by atoms with E-state index in [1.54, 1.807) is 18.0 Å². The topological polar surface area (TPSA) is 66.5 Å². The van der Waals surface area contributed by atoms with E-state index in [1.165, 1.54) is 0 Å². The van der Waals surface area contributed by atoms with E-state index in [2.05, 4.69) is 10.2 Å². The van der Waals surface area contributed by atoms with Crippen LogP contribution in [-0.4, -0.2) is 55.8 Å². The van der Waals surface area contributed by atoms with E-state index < -0.39 is 11.6 Å². The third-order valence-electron chi connectivity index (χ3n) is 5.71. The lowest BCUT2D eigenvalue weighted by Gasteiger charge is -2.35. The van der Waals surface area contributed by atoms with Gasteiger partial charge in [-0.15, -0.1) is 0 Å². The van der Waals surface area contributed by atoms with Gasteiger partial charge < -0.3 is 25.4 Å². The normalized spacial score (nSPS) is 18.1. The number of hydrogen-bond donors (Lipinski definition) is 2. The van der Waals surface area contributed by atoms with Crippen molar-refractivity contribution in [3.05, 3.63) is 33.6 Å². The van der Waals surface area contributed by atoms with Crippen LogP contribution in [-0.2, 0) is 0 Å². The molecule has 0 bridgehead atoms. The number of nitrogens with zero attached hydrogens (tertiary/aromatic N) is 3. The Morgan fingerprint density at radius 3 is 2.46 bits per heavy atom. The van der Waals surface area contributed by atoms with Gasteiger partial charge in [-0.1, -0.05) is 0 Å². The molecule has 2 fully saturated rings. The first-order valence-corrected chi connectivity index (χ1v) is 9.87. The van der Waals surface area contributed by atoms with Crippen LogP contribution < -0.4 is 21.4 Å². The molecule has 2 aliphatic rings. The molecule has 0 spiro atoms. The minimum absolute atomic E-state index is 0.0437. The van der Waals surface area contributed by atoms with E-state index in [1.807, 2.05) is 11.6 Å². The van der Waals surface area contributed by atoms with E-state index in [4.69, 9.17) is 5.73 Å². The summed E-state index contributed by atoms with van der Waals surface area (Å²) in [4.78, 5) is 16.8. The van der Waals surface area contributed by atoms with Gasteiger partial charge in [0.2, 0.25) is 0 Å². The molecule has 0 atom stereocenters. The van der Waals surface area contributed by atoms with Crippen molar-refractivity contribution < 1.29 is 8.78 Å². The molecule has 2 heterocycles. The van der Waals surface area contributed by atoms with Gasteiger partial charge in [0.05, 0.1) is 16.6 Å². The van der Waals surface area contributed by atoms with Crippen LogP contribution in [0.25, 0.3) is 10.9 Å². The molecule has 4 rings (SSSR count). The number of benzene rings is 1. The lowest BCUT2D eigenvalue weighted by Crippen LogP contribution is -2.45. The van der Waals surface area contributed by atoms with Crippen molar-refractivity contribution >= 4 is 22.3 Å². The molecule has 1 saturated heterocycles. The number of fused-ring (bicyclic) bond motifs is 1. The standard InChI is InChI=1S/C20H27F2N5O/c1-12-11-27(13-3-4-13)18-14(20(12)28)17(24-6-5-23)15(21)19(16(18)22)26-9-7-25(2)8-10-26/h11,13,24H,3-10,23H2,1-2H3. The highest BCUT2D eigenvalue weighted by molar-refractivity contribution is 5.96. The van der Waals surface area contributed by atoms with E-state index in [0.717, 1.165) is 25.9 Å². The Kier molecular flexibility index (Phi) is 5.01. The largest absolute Gasteiger partial charge is 0.381 e. The lowest BCUT2D eigenvalue weighted by molar-refractivity contribution is 0.310. The number of rotatable bonds is 5. The van der Waals surface area contributed by atoms with Crippen molar-refractivity contribution in [1.29, 1.82) is 0 Å². The Bertz CT molecular complexity index is 962. The number of pyridine rings is 1. The number of halogens is 2. The number of nitrogens with two attached hydrogens (primary N) is 1. The zero-order valence-electron chi connectivity index (χ0n) is 16.4. The smallest absolute Gasteiger partial charge is 0.194 e. The van der Waals surface area contributed by atoms with Crippen LogP contribution >= 0.6 is 0 Å². The number of aryl methyl sites for hydroxylation is 1. The molecule has 3 N–H and O–H groups in total. The summed E-state index contributed by atoms with van der Waals surface area (Å²) in [6.45, 7) is 4.80. The van der Waals surface area contributed by atoms with Crippen LogP contribution in [0.2, 0.25) is 0 Å². The van der Waals surface area contributed by atoms with Crippen molar-refractivity contribution in [2.75, 3.05) is 56.5 Å². The number of likely N-dealkylation sites (N-methyl/N-ethyl adjacent to an activating group) is 1. The first-order chi connectivity index (χ1) is 13.4. The number of hydrogen-bond acceptors (Lipinski definition) is 5. The highest BCUT2D eigenvalue weighted by Gasteiger charge is 2.32. The molecule has 1 aliphatic carbocycles. The number of nitrogens with one attached hydrogen (secondary N) is 1. The molecule has 1 saturated carbocycles. The summed E-state index contributed by atoms with van der Waals surface area (Å²) >= 11 is 0. The SMILES string of the molecule is Cc1cn(C2CC2)c2c(F)c(N3CCN(C)CC3)c(F)c(NCCN)c2c1=O. The molecule has 8 heteroatoms. The van der Waals surface area contributed by atoms with Gasteiger partial charge in [-0.3, -0.25) is 4.79 Å². The minimum Gasteiger partial charge on any atom is -0.381 e. The Hall–Kier alpha value is -2.19. The molecule has 28 heavy (non-hydrogen) atoms. The lowest BCUT2D eigenvalue weighted by atomic mass is 10.1. The van der Waals surface area contributed by atoms with Crippen LogP contribution in [0.5, 0.6) is 0 Å². The second kappa shape index (κ2) is 7.33. The summed E-state index contributed by atoms with van der Waals surface area (Å²) in [5, 5.41) is 3.05. The van der Waals surface area contributed by atoms with Crippen LogP contribution in [0, 0.1) is 18.6 Å². The third-order valence-corrected chi connectivity index (χ3v) is 5.71. The summed E-state index contributed by atoms with van der Waals surface area (Å²) in [7, 11) is 1.99. The highest BCUT2D eigenvalue weighted by atomic mass is 19.1. The predicted molar refractivity (Wildman–Crippen MR) is 108 cm³/mol. The molecular weight excluding hydrogens is 364 g/mol. The quantitative estimate of drug-likeness (QED) is 0.817. The molecular formula is C20H27F2N5O. The summed E-state index contributed by atoms with van der Waals surface area (Å²) in [5.74, 6) is -1.34. The number of aromatic nitrogens is 1. The van der Waals surface area contributed by atoms with E-state index in [0.29, 0.717) is 25.2 Å². The minimum atomic E-state index is -0.701. The van der Waals surface area contributed by atoms with Gasteiger partial charge in [-0.2, -0.15) is 0 Å². The fourth-order valence-corrected chi connectivity index (χ4v) is 3.97. The Morgan fingerprint density at radius 2 is 1.86 bits per heavy atom. The molecule has 1 aromatic heterocycles. The van der Waals surface area contributed by atoms with Crippen molar-refractivity contribution in [3.63, 3.8) is 0 Å². The summed E-state index contributed by atoms with van der Waals surface area (Å²) in [6.07, 6.45) is 3.58. The summed E-state index contributed by atoms with van der Waals surface area (Å²) < 4.78 is 33.2. The van der Waals surface area contributed by atoms with E-state index in [-0.39, 0.29) is 40.3 Å². The number of anilines is 2. The third kappa shape index (κ3) is 3.14. The van der Waals surface area contributed by atoms with Gasteiger partial charge in [-0.05, 0) is 26.8 Å². The van der Waals surface area contributed by atoms with Crippen molar-refractivity contribution in [2.45, 2.75) is 25.8 Å². The maximum Gasteiger partial charge on any atom is 0.194 e. The van der Waals surface area contributed by atoms with Crippen LogP contribution in [0.15, 0.2) is 11.0 Å². The molecule has 0 radical (unpaired) electrons. The monoisotopic (exact) mass is 391 g/mol. The second-order valence-electron chi connectivity index (χ2n) is 7.86. The summed E-state index contributed by atoms with van der Waals surface area (Å²) in [6, 6.07) is 0.157. The average Bonchev–Trinajstić information content (AvgIpc) is 3.51. The van der Waals surface area contributed by atoms with Crippen LogP contribution in [0.1, 0.15) is 24.4 Å². The van der Waals surface area contributed by atoms with Crippen molar-refractivity contribution in [3.8, 4) is 0 Å². The van der Waals surface area contributed by atoms with Gasteiger partial charge in [0.15, 0.2) is 17.1 Å². The first-order valence-electron chi connectivity index (χ1n) is 9.87. The fraction of sp³-hybridized carbons (Fsp3) is 0.550. The van der Waals surface area contributed by atoms with Gasteiger partial charge in [0.25, 0.3) is 0 Å². The Morgan fingerprint density at radius 1 is 1.18 bits per heavy atom.